The first-order chi connectivity index (χ1) is 9.24. The normalized spacial score (nSPS) is 11.0. The van der Waals surface area contributed by atoms with E-state index in [0.717, 1.165) is 29.2 Å². The smallest absolute Gasteiger partial charge is 0.202 e. The second kappa shape index (κ2) is 4.90. The number of nitrogen functional groups attached to an aromatic ring is 1. The van der Waals surface area contributed by atoms with Crippen molar-refractivity contribution >= 4 is 28.7 Å². The Morgan fingerprint density at radius 2 is 1.95 bits per heavy atom. The highest BCUT2D eigenvalue weighted by molar-refractivity contribution is 6.30. The van der Waals surface area contributed by atoms with E-state index in [-0.39, 0.29) is 0 Å². The second-order valence-electron chi connectivity index (χ2n) is 4.34. The molecule has 3 rings (SSSR count). The predicted molar refractivity (Wildman–Crippen MR) is 77.1 cm³/mol. The molecule has 2 aromatic heterocycles. The topological polar surface area (TPSA) is 56.7 Å². The molecular weight excluding hydrogens is 260 g/mol. The average Bonchev–Trinajstić information content (AvgIpc) is 2.74. The highest BCUT2D eigenvalue weighted by Crippen LogP contribution is 2.16. The monoisotopic (exact) mass is 272 g/mol. The van der Waals surface area contributed by atoms with Gasteiger partial charge in [0.05, 0.1) is 0 Å². The largest absolute Gasteiger partial charge is 0.369 e. The van der Waals surface area contributed by atoms with Crippen molar-refractivity contribution in [2.45, 2.75) is 13.0 Å². The van der Waals surface area contributed by atoms with Gasteiger partial charge in [-0.25, -0.2) is 9.97 Å². The third kappa shape index (κ3) is 2.39. The molecular formula is C14H13ClN4. The number of anilines is 1. The molecule has 4 nitrogen and oxygen atoms in total. The van der Waals surface area contributed by atoms with Crippen LogP contribution in [-0.4, -0.2) is 14.5 Å². The summed E-state index contributed by atoms with van der Waals surface area (Å²) in [5.74, 6) is 0.502. The first-order valence-electron chi connectivity index (χ1n) is 6.05. The summed E-state index contributed by atoms with van der Waals surface area (Å²) in [5.41, 5.74) is 8.80. The molecule has 5 heteroatoms. The molecule has 0 amide bonds. The van der Waals surface area contributed by atoms with Crippen molar-refractivity contribution in [3.05, 3.63) is 53.2 Å². The van der Waals surface area contributed by atoms with E-state index in [9.17, 15) is 0 Å². The molecule has 0 unspecified atom stereocenters. The van der Waals surface area contributed by atoms with Crippen molar-refractivity contribution in [3.8, 4) is 0 Å². The number of rotatable bonds is 3. The van der Waals surface area contributed by atoms with Gasteiger partial charge in [0, 0.05) is 17.8 Å². The van der Waals surface area contributed by atoms with Gasteiger partial charge >= 0.3 is 0 Å². The van der Waals surface area contributed by atoms with Crippen molar-refractivity contribution in [1.29, 1.82) is 0 Å². The Bertz CT molecular complexity index is 703. The van der Waals surface area contributed by atoms with Gasteiger partial charge in [0.25, 0.3) is 0 Å². The van der Waals surface area contributed by atoms with Crippen LogP contribution in [0.2, 0.25) is 5.02 Å². The summed E-state index contributed by atoms with van der Waals surface area (Å²) in [4.78, 5) is 8.62. The lowest BCUT2D eigenvalue weighted by atomic mass is 10.1. The minimum atomic E-state index is 0.502. The molecule has 0 aliphatic carbocycles. The van der Waals surface area contributed by atoms with Gasteiger partial charge in [-0.3, -0.25) is 4.57 Å². The minimum absolute atomic E-state index is 0.502. The Kier molecular flexibility index (Phi) is 3.09. The Morgan fingerprint density at radius 1 is 1.16 bits per heavy atom. The van der Waals surface area contributed by atoms with Gasteiger partial charge in [-0.15, -0.1) is 0 Å². The molecule has 19 heavy (non-hydrogen) atoms. The van der Waals surface area contributed by atoms with Crippen LogP contribution in [-0.2, 0) is 13.0 Å². The standard InChI is InChI=1S/C14H13ClN4/c15-11-5-3-10(4-6-11)7-9-19-13-12(18-14(19)16)2-1-8-17-13/h1-6,8H,7,9H2,(H2,16,18). The molecule has 0 aliphatic rings. The van der Waals surface area contributed by atoms with Crippen LogP contribution >= 0.6 is 11.6 Å². The molecule has 0 fully saturated rings. The van der Waals surface area contributed by atoms with Crippen LogP contribution in [0.1, 0.15) is 5.56 Å². The van der Waals surface area contributed by atoms with Crippen molar-refractivity contribution in [1.82, 2.24) is 14.5 Å². The number of benzene rings is 1. The molecule has 0 spiro atoms. The van der Waals surface area contributed by atoms with E-state index in [1.807, 2.05) is 41.0 Å². The van der Waals surface area contributed by atoms with Gasteiger partial charge in [0.15, 0.2) is 5.65 Å². The summed E-state index contributed by atoms with van der Waals surface area (Å²) in [6, 6.07) is 11.6. The summed E-state index contributed by atoms with van der Waals surface area (Å²) in [7, 11) is 0. The molecule has 1 aromatic carbocycles. The van der Waals surface area contributed by atoms with E-state index >= 15 is 0 Å². The molecule has 96 valence electrons. The zero-order valence-electron chi connectivity index (χ0n) is 10.3. The number of nitrogens with two attached hydrogens (primary N) is 1. The summed E-state index contributed by atoms with van der Waals surface area (Å²) >= 11 is 5.87. The van der Waals surface area contributed by atoms with Gasteiger partial charge < -0.3 is 5.73 Å². The first-order valence-corrected chi connectivity index (χ1v) is 6.43. The van der Waals surface area contributed by atoms with Crippen LogP contribution < -0.4 is 5.73 Å². The molecule has 3 aromatic rings. The van der Waals surface area contributed by atoms with Crippen LogP contribution in [0.4, 0.5) is 5.95 Å². The Hall–Kier alpha value is -2.07. The number of nitrogens with zero attached hydrogens (tertiary/aromatic N) is 3. The zero-order valence-corrected chi connectivity index (χ0v) is 11.0. The Morgan fingerprint density at radius 3 is 2.74 bits per heavy atom. The fraction of sp³-hybridized carbons (Fsp3) is 0.143. The first kappa shape index (κ1) is 12.0. The fourth-order valence-electron chi connectivity index (χ4n) is 2.09. The van der Waals surface area contributed by atoms with Gasteiger partial charge in [-0.05, 0) is 36.2 Å². The molecule has 2 N–H and O–H groups in total. The highest BCUT2D eigenvalue weighted by Gasteiger charge is 2.08. The number of fused-ring (bicyclic) bond motifs is 1. The van der Waals surface area contributed by atoms with Crippen LogP contribution in [0.15, 0.2) is 42.6 Å². The third-order valence-electron chi connectivity index (χ3n) is 3.07. The van der Waals surface area contributed by atoms with E-state index in [0.29, 0.717) is 5.95 Å². The van der Waals surface area contributed by atoms with E-state index in [4.69, 9.17) is 17.3 Å². The van der Waals surface area contributed by atoms with Crippen molar-refractivity contribution < 1.29 is 0 Å². The number of hydrogen-bond donors (Lipinski definition) is 1. The summed E-state index contributed by atoms with van der Waals surface area (Å²) < 4.78 is 1.93. The van der Waals surface area contributed by atoms with Crippen LogP contribution in [0, 0.1) is 0 Å². The fourth-order valence-corrected chi connectivity index (χ4v) is 2.21. The van der Waals surface area contributed by atoms with Crippen LogP contribution in [0.3, 0.4) is 0 Å². The molecule has 0 saturated heterocycles. The van der Waals surface area contributed by atoms with Crippen molar-refractivity contribution in [3.63, 3.8) is 0 Å². The van der Waals surface area contributed by atoms with Gasteiger partial charge in [0.1, 0.15) is 5.52 Å². The summed E-state index contributed by atoms with van der Waals surface area (Å²) in [5, 5.41) is 0.748. The van der Waals surface area contributed by atoms with Gasteiger partial charge in [-0.1, -0.05) is 23.7 Å². The molecule has 0 radical (unpaired) electrons. The van der Waals surface area contributed by atoms with Gasteiger partial charge in [-0.2, -0.15) is 0 Å². The van der Waals surface area contributed by atoms with Crippen molar-refractivity contribution in [2.75, 3.05) is 5.73 Å². The Labute approximate surface area is 115 Å². The summed E-state index contributed by atoms with van der Waals surface area (Å²) in [6.07, 6.45) is 2.62. The van der Waals surface area contributed by atoms with E-state index in [1.165, 1.54) is 5.56 Å². The number of aromatic nitrogens is 3. The number of pyridine rings is 1. The maximum absolute atomic E-state index is 5.93. The SMILES string of the molecule is Nc1nc2cccnc2n1CCc1ccc(Cl)cc1. The van der Waals surface area contributed by atoms with Crippen LogP contribution in [0.25, 0.3) is 11.2 Å². The number of hydrogen-bond acceptors (Lipinski definition) is 3. The molecule has 0 saturated carbocycles. The van der Waals surface area contributed by atoms with Gasteiger partial charge in [0.2, 0.25) is 5.95 Å². The predicted octanol–water partition coefficient (Wildman–Crippen LogP) is 2.91. The molecule has 0 atom stereocenters. The lowest BCUT2D eigenvalue weighted by molar-refractivity contribution is 0.720. The van der Waals surface area contributed by atoms with Crippen molar-refractivity contribution in [2.24, 2.45) is 0 Å². The molecule has 2 heterocycles. The minimum Gasteiger partial charge on any atom is -0.369 e. The third-order valence-corrected chi connectivity index (χ3v) is 3.32. The second-order valence-corrected chi connectivity index (χ2v) is 4.78. The quantitative estimate of drug-likeness (QED) is 0.798. The zero-order chi connectivity index (χ0) is 13.2. The number of imidazole rings is 1. The number of aryl methyl sites for hydroxylation is 2. The molecule has 0 aliphatic heterocycles. The number of halogens is 1. The van der Waals surface area contributed by atoms with E-state index in [1.54, 1.807) is 6.20 Å². The maximum atomic E-state index is 5.93. The van der Waals surface area contributed by atoms with E-state index < -0.39 is 0 Å². The Balaban J connectivity index is 1.85. The van der Waals surface area contributed by atoms with Crippen LogP contribution in [0.5, 0.6) is 0 Å². The maximum Gasteiger partial charge on any atom is 0.202 e. The lowest BCUT2D eigenvalue weighted by Crippen LogP contribution is -2.06. The lowest BCUT2D eigenvalue weighted by Gasteiger charge is -2.06. The van der Waals surface area contributed by atoms with E-state index in [2.05, 4.69) is 9.97 Å². The summed E-state index contributed by atoms with van der Waals surface area (Å²) in [6.45, 7) is 0.751. The highest BCUT2D eigenvalue weighted by atomic mass is 35.5. The molecule has 0 bridgehead atoms. The average molecular weight is 273 g/mol.